The number of aromatic nitrogens is 2. The molecule has 2 saturated heterocycles. The van der Waals surface area contributed by atoms with Gasteiger partial charge in [-0.05, 0) is 0 Å². The number of benzene rings is 1. The number of non-ortho nitro benzene ring substituents is 1. The molecule has 1 aromatic heterocycles. The zero-order valence-electron chi connectivity index (χ0n) is 24.8. The molecule has 2 aromatic rings. The lowest BCUT2D eigenvalue weighted by Gasteiger charge is -2.40. The third kappa shape index (κ3) is 9.04. The number of phosphoric acid groups is 2. The van der Waals surface area contributed by atoms with Crippen molar-refractivity contribution in [1.82, 2.24) is 9.55 Å². The molecule has 51 heavy (non-hydrogen) atoms. The fraction of sp³-hybridized carbons (Fsp3) is 0.524. The van der Waals surface area contributed by atoms with Crippen LogP contribution in [0.15, 0.2) is 34.0 Å². The number of ether oxygens (including phenoxy) is 3. The number of hydrogen-bond acceptors (Lipinski definition) is 21. The molecule has 0 aliphatic carbocycles. The van der Waals surface area contributed by atoms with Crippen molar-refractivity contribution in [2.45, 2.75) is 55.2 Å². The molecule has 8 N–H and O–H groups in total. The summed E-state index contributed by atoms with van der Waals surface area (Å²) in [7, 11) is -11.6. The SMILES string of the molecule is O=c1ccn([C@@H]2O[C@H](COP(=O)(O)OP(=O)(O)O[C@H]3O[C@H](COc4c([N+](=O)[O-])cc([N+](=O)[O-])cc4[N+](=O)[O-])[C@H](O)[C@H](O)[C@H]3O)[C@@H](O)[C@H]2O)c(=O)[nH]1. The number of nitrogens with one attached hydrogen (secondary N) is 1. The number of H-pyrrole nitrogens is 1. The second kappa shape index (κ2) is 15.2. The molecule has 28 nitrogen and oxygen atoms in total. The molecular formula is C21H25N5O23P2. The first-order valence-electron chi connectivity index (χ1n) is 13.6. The predicted molar refractivity (Wildman–Crippen MR) is 154 cm³/mol. The van der Waals surface area contributed by atoms with Gasteiger partial charge in [0.05, 0.1) is 33.5 Å². The summed E-state index contributed by atoms with van der Waals surface area (Å²) in [4.78, 5) is 75.6. The number of hydrogen-bond donors (Lipinski definition) is 8. The highest BCUT2D eigenvalue weighted by atomic mass is 31.3. The Morgan fingerprint density at radius 2 is 1.37 bits per heavy atom. The number of nitrogens with zero attached hydrogens (tertiary/aromatic N) is 4. The zero-order chi connectivity index (χ0) is 38.2. The summed E-state index contributed by atoms with van der Waals surface area (Å²) in [6.07, 6.45) is -17.7. The van der Waals surface area contributed by atoms with Crippen LogP contribution in [0.25, 0.3) is 0 Å². The van der Waals surface area contributed by atoms with E-state index in [9.17, 15) is 84.4 Å². The summed E-state index contributed by atoms with van der Waals surface area (Å²) >= 11 is 0. The van der Waals surface area contributed by atoms with Gasteiger partial charge in [-0.1, -0.05) is 0 Å². The molecule has 0 amide bonds. The number of nitro groups is 3. The van der Waals surface area contributed by atoms with Crippen LogP contribution < -0.4 is 16.0 Å². The average Bonchev–Trinajstić information content (AvgIpc) is 3.31. The van der Waals surface area contributed by atoms with E-state index in [-0.39, 0.29) is 0 Å². The van der Waals surface area contributed by atoms with Crippen LogP contribution in [0.3, 0.4) is 0 Å². The van der Waals surface area contributed by atoms with E-state index in [1.807, 2.05) is 4.98 Å². The van der Waals surface area contributed by atoms with Crippen molar-refractivity contribution in [2.75, 3.05) is 13.2 Å². The van der Waals surface area contributed by atoms with Gasteiger partial charge < -0.3 is 49.5 Å². The lowest BCUT2D eigenvalue weighted by atomic mass is 9.99. The smallest absolute Gasteiger partial charge is 0.479 e. The maximum Gasteiger partial charge on any atom is 0.483 e. The van der Waals surface area contributed by atoms with E-state index in [2.05, 4.69) is 13.4 Å². The molecule has 0 bridgehead atoms. The molecule has 30 heteroatoms. The van der Waals surface area contributed by atoms with E-state index >= 15 is 0 Å². The van der Waals surface area contributed by atoms with Gasteiger partial charge in [-0.3, -0.25) is 53.7 Å². The summed E-state index contributed by atoms with van der Waals surface area (Å²) in [5.74, 6) is -1.18. The summed E-state index contributed by atoms with van der Waals surface area (Å²) in [5, 5.41) is 85.3. The normalized spacial score (nSPS) is 30.2. The highest BCUT2D eigenvalue weighted by molar-refractivity contribution is 7.61. The standard InChI is InChI=1S/C21H25N5O23P2/c27-12-1-2-23(21(33)22-12)19-16(31)14(29)11(46-19)6-45-50(40,41)49-51(42,43)48-20-17(32)15(30)13(28)10(47-20)5-44-18-8(25(36)37)3-7(24(34)35)4-9(18)26(38)39/h1-4,10-11,13-17,19-20,28-32H,5-6H2,(H,40,41)(H,42,43)(H,22,27,33)/t10-,11-,13+,14-,15+,16-,17-,19-,20-/m1/s1. The number of aliphatic hydroxyl groups is 5. The first-order chi connectivity index (χ1) is 23.6. The van der Waals surface area contributed by atoms with Crippen molar-refractivity contribution in [3.8, 4) is 5.75 Å². The summed E-state index contributed by atoms with van der Waals surface area (Å²) < 4.78 is 54.2. The Kier molecular flexibility index (Phi) is 11.8. The Labute approximate surface area is 279 Å². The average molecular weight is 777 g/mol. The lowest BCUT2D eigenvalue weighted by molar-refractivity contribution is -0.404. The summed E-state index contributed by atoms with van der Waals surface area (Å²) in [6.45, 7) is -2.35. The Morgan fingerprint density at radius 1 is 0.804 bits per heavy atom. The molecule has 2 aliphatic heterocycles. The van der Waals surface area contributed by atoms with Crippen molar-refractivity contribution in [1.29, 1.82) is 0 Å². The fourth-order valence-corrected chi connectivity index (χ4v) is 6.77. The first kappa shape index (κ1) is 39.7. The summed E-state index contributed by atoms with van der Waals surface area (Å²) in [6, 6.07) is 1.50. The number of aliphatic hydroxyl groups excluding tert-OH is 5. The zero-order valence-corrected chi connectivity index (χ0v) is 26.6. The summed E-state index contributed by atoms with van der Waals surface area (Å²) in [5.41, 5.74) is -5.51. The van der Waals surface area contributed by atoms with Crippen molar-refractivity contribution in [3.05, 3.63) is 75.6 Å². The molecule has 11 atom stereocenters. The second-order valence-corrected chi connectivity index (χ2v) is 13.4. The van der Waals surface area contributed by atoms with Crippen LogP contribution >= 0.6 is 15.6 Å². The Morgan fingerprint density at radius 3 is 1.92 bits per heavy atom. The van der Waals surface area contributed by atoms with E-state index in [1.165, 1.54) is 0 Å². The Balaban J connectivity index is 1.43. The van der Waals surface area contributed by atoms with Gasteiger partial charge in [-0.25, -0.2) is 13.9 Å². The molecule has 1 aromatic carbocycles. The number of rotatable bonds is 14. The number of nitro benzene ring substituents is 3. The minimum Gasteiger partial charge on any atom is -0.479 e. The minimum absolute atomic E-state index is 0.313. The van der Waals surface area contributed by atoms with Gasteiger partial charge >= 0.3 is 32.7 Å². The molecule has 2 unspecified atom stereocenters. The monoisotopic (exact) mass is 777 g/mol. The van der Waals surface area contributed by atoms with E-state index < -0.39 is 133 Å². The van der Waals surface area contributed by atoms with Gasteiger partial charge in [0.25, 0.3) is 17.0 Å². The highest BCUT2D eigenvalue weighted by Crippen LogP contribution is 2.61. The van der Waals surface area contributed by atoms with Crippen molar-refractivity contribution in [3.63, 3.8) is 0 Å². The quantitative estimate of drug-likeness (QED) is 0.0539. The van der Waals surface area contributed by atoms with Gasteiger partial charge in [0.1, 0.15) is 49.3 Å². The highest BCUT2D eigenvalue weighted by Gasteiger charge is 2.50. The molecule has 2 fully saturated rings. The van der Waals surface area contributed by atoms with Crippen LogP contribution in [0.1, 0.15) is 6.23 Å². The van der Waals surface area contributed by atoms with Crippen molar-refractivity contribution >= 4 is 32.7 Å². The van der Waals surface area contributed by atoms with Crippen LogP contribution in [-0.2, 0) is 32.0 Å². The molecule has 0 radical (unpaired) electrons. The van der Waals surface area contributed by atoms with Crippen LogP contribution in [0, 0.1) is 30.3 Å². The molecule has 4 rings (SSSR count). The Bertz CT molecular complexity index is 1850. The third-order valence-electron chi connectivity index (χ3n) is 7.01. The lowest BCUT2D eigenvalue weighted by Crippen LogP contribution is -2.59. The fourth-order valence-electron chi connectivity index (χ4n) is 4.61. The topological polar surface area (TPSA) is 415 Å². The second-order valence-electron chi connectivity index (χ2n) is 10.4. The molecule has 3 heterocycles. The third-order valence-corrected chi connectivity index (χ3v) is 9.61. The van der Waals surface area contributed by atoms with Crippen molar-refractivity contribution < 1.29 is 86.8 Å². The van der Waals surface area contributed by atoms with Crippen LogP contribution in [0.4, 0.5) is 17.1 Å². The van der Waals surface area contributed by atoms with Crippen molar-refractivity contribution in [2.24, 2.45) is 0 Å². The minimum atomic E-state index is -5.92. The van der Waals surface area contributed by atoms with E-state index in [1.54, 1.807) is 0 Å². The van der Waals surface area contributed by atoms with E-state index in [4.69, 9.17) is 14.2 Å². The van der Waals surface area contributed by atoms with Crippen LogP contribution in [-0.4, -0.2) is 122 Å². The molecule has 0 spiro atoms. The number of phosphoric ester groups is 2. The van der Waals surface area contributed by atoms with E-state index in [0.717, 1.165) is 12.3 Å². The van der Waals surface area contributed by atoms with Gasteiger partial charge in [0, 0.05) is 12.3 Å². The van der Waals surface area contributed by atoms with Gasteiger partial charge in [-0.15, -0.1) is 0 Å². The molecular weight excluding hydrogens is 752 g/mol. The molecule has 2 aliphatic rings. The maximum absolute atomic E-state index is 12.6. The maximum atomic E-state index is 12.6. The first-order valence-corrected chi connectivity index (χ1v) is 16.6. The van der Waals surface area contributed by atoms with Crippen LogP contribution in [0.2, 0.25) is 0 Å². The largest absolute Gasteiger partial charge is 0.483 e. The van der Waals surface area contributed by atoms with Gasteiger partial charge in [0.2, 0.25) is 0 Å². The molecule has 282 valence electrons. The van der Waals surface area contributed by atoms with Crippen LogP contribution in [0.5, 0.6) is 5.75 Å². The predicted octanol–water partition coefficient (Wildman–Crippen LogP) is -2.98. The Hall–Kier alpha value is -4.12. The van der Waals surface area contributed by atoms with Gasteiger partial charge in [0.15, 0.2) is 12.5 Å². The van der Waals surface area contributed by atoms with E-state index in [0.29, 0.717) is 16.7 Å². The molecule has 0 saturated carbocycles. The number of aromatic amines is 1. The van der Waals surface area contributed by atoms with Gasteiger partial charge in [-0.2, -0.15) is 4.31 Å².